The number of hydrogen-bond acceptors (Lipinski definition) is 1. The highest BCUT2D eigenvalue weighted by Crippen LogP contribution is 2.30. The van der Waals surface area contributed by atoms with Gasteiger partial charge in [-0.1, -0.05) is 49.5 Å². The van der Waals surface area contributed by atoms with Gasteiger partial charge in [-0.15, -0.1) is 0 Å². The van der Waals surface area contributed by atoms with Gasteiger partial charge in [0, 0.05) is 0 Å². The van der Waals surface area contributed by atoms with E-state index in [9.17, 15) is 0 Å². The highest BCUT2D eigenvalue weighted by Gasteiger charge is 1.99. The highest BCUT2D eigenvalue weighted by atomic mass is 35.5. The van der Waals surface area contributed by atoms with Crippen LogP contribution in [0, 0.1) is 0 Å². The first-order valence-electron chi connectivity index (χ1n) is 3.76. The molecule has 0 aliphatic rings. The summed E-state index contributed by atoms with van der Waals surface area (Å²) in [6.45, 7) is 4.25. The minimum atomic E-state index is -0.0548. The van der Waals surface area contributed by atoms with Crippen molar-refractivity contribution in [2.75, 3.05) is 0 Å². The number of halogens is 2. The monoisotopic (exact) mass is 206 g/mol. The molecule has 0 aromatic heterocycles. The summed E-state index contributed by atoms with van der Waals surface area (Å²) < 4.78 is 0. The first kappa shape index (κ1) is 11.6. The van der Waals surface area contributed by atoms with Crippen LogP contribution < -0.4 is 0 Å². The molecular formula is C9H12Cl2O. The van der Waals surface area contributed by atoms with Crippen LogP contribution in [0.2, 0.25) is 10.0 Å². The van der Waals surface area contributed by atoms with Crippen molar-refractivity contribution in [2.24, 2.45) is 0 Å². The van der Waals surface area contributed by atoms with Crippen molar-refractivity contribution in [3.8, 4) is 5.75 Å². The van der Waals surface area contributed by atoms with Crippen LogP contribution in [0.4, 0.5) is 0 Å². The highest BCUT2D eigenvalue weighted by molar-refractivity contribution is 6.37. The topological polar surface area (TPSA) is 20.2 Å². The Hall–Kier alpha value is -0.400. The molecule has 0 bridgehead atoms. The van der Waals surface area contributed by atoms with Crippen molar-refractivity contribution >= 4 is 23.2 Å². The summed E-state index contributed by atoms with van der Waals surface area (Å²) in [7, 11) is 0. The van der Waals surface area contributed by atoms with Gasteiger partial charge in [0.2, 0.25) is 0 Å². The zero-order valence-electron chi connectivity index (χ0n) is 7.14. The Morgan fingerprint density at radius 1 is 1.17 bits per heavy atom. The van der Waals surface area contributed by atoms with Crippen molar-refractivity contribution in [1.82, 2.24) is 0 Å². The summed E-state index contributed by atoms with van der Waals surface area (Å²) >= 11 is 11.0. The third kappa shape index (κ3) is 3.84. The summed E-state index contributed by atoms with van der Waals surface area (Å²) in [6, 6.07) is 4.82. The summed E-state index contributed by atoms with van der Waals surface area (Å²) in [5.74, 6) is -0.0548. The molecule has 0 aliphatic carbocycles. The first-order valence-corrected chi connectivity index (χ1v) is 4.52. The fraction of sp³-hybridized carbons (Fsp3) is 0.333. The molecule has 0 unspecified atom stereocenters. The largest absolute Gasteiger partial charge is 0.505 e. The lowest BCUT2D eigenvalue weighted by Gasteiger charge is -1.95. The summed E-state index contributed by atoms with van der Waals surface area (Å²) in [5, 5.41) is 9.50. The SMILES string of the molecule is CCC.Oc1c(Cl)cccc1Cl. The Bertz CT molecular complexity index is 216. The molecule has 1 nitrogen and oxygen atoms in total. The molecule has 0 saturated heterocycles. The van der Waals surface area contributed by atoms with Crippen molar-refractivity contribution < 1.29 is 5.11 Å². The Labute approximate surface area is 82.9 Å². The zero-order valence-corrected chi connectivity index (χ0v) is 8.65. The van der Waals surface area contributed by atoms with Gasteiger partial charge in [-0.2, -0.15) is 0 Å². The summed E-state index contributed by atoms with van der Waals surface area (Å²) in [6.07, 6.45) is 1.25. The average Bonchev–Trinajstić information content (AvgIpc) is 2.02. The third-order valence-corrected chi connectivity index (χ3v) is 1.55. The minimum absolute atomic E-state index is 0.0548. The van der Waals surface area contributed by atoms with Gasteiger partial charge in [0.15, 0.2) is 5.75 Å². The lowest BCUT2D eigenvalue weighted by atomic mass is 10.3. The van der Waals surface area contributed by atoms with E-state index >= 15 is 0 Å². The van der Waals surface area contributed by atoms with Gasteiger partial charge in [0.1, 0.15) is 0 Å². The summed E-state index contributed by atoms with van der Waals surface area (Å²) in [4.78, 5) is 0. The van der Waals surface area contributed by atoms with Crippen molar-refractivity contribution in [2.45, 2.75) is 20.3 Å². The number of benzene rings is 1. The maximum Gasteiger partial charge on any atom is 0.152 e. The van der Waals surface area contributed by atoms with E-state index in [0.29, 0.717) is 0 Å². The Morgan fingerprint density at radius 2 is 1.50 bits per heavy atom. The molecule has 0 atom stereocenters. The Balaban J connectivity index is 0.000000354. The molecular weight excluding hydrogens is 195 g/mol. The van der Waals surface area contributed by atoms with Gasteiger partial charge in [-0.05, 0) is 12.1 Å². The van der Waals surface area contributed by atoms with E-state index in [0.717, 1.165) is 0 Å². The van der Waals surface area contributed by atoms with Crippen LogP contribution in [-0.2, 0) is 0 Å². The quantitative estimate of drug-likeness (QED) is 0.678. The predicted molar refractivity (Wildman–Crippen MR) is 54.1 cm³/mol. The predicted octanol–water partition coefficient (Wildman–Crippen LogP) is 4.12. The average molecular weight is 207 g/mol. The van der Waals surface area contributed by atoms with Gasteiger partial charge in [0.25, 0.3) is 0 Å². The minimum Gasteiger partial charge on any atom is -0.505 e. The van der Waals surface area contributed by atoms with Crippen LogP contribution in [0.25, 0.3) is 0 Å². The lowest BCUT2D eigenvalue weighted by molar-refractivity contribution is 0.476. The van der Waals surface area contributed by atoms with Crippen LogP contribution in [-0.4, -0.2) is 5.11 Å². The third-order valence-electron chi connectivity index (χ3n) is 0.938. The number of para-hydroxylation sites is 1. The first-order chi connectivity index (χ1) is 5.63. The van der Waals surface area contributed by atoms with E-state index in [2.05, 4.69) is 13.8 Å². The second-order valence-corrected chi connectivity index (χ2v) is 3.09. The molecule has 12 heavy (non-hydrogen) atoms. The van der Waals surface area contributed by atoms with Gasteiger partial charge in [0.05, 0.1) is 10.0 Å². The van der Waals surface area contributed by atoms with Gasteiger partial charge in [-0.25, -0.2) is 0 Å². The molecule has 0 radical (unpaired) electrons. The molecule has 3 heteroatoms. The molecule has 68 valence electrons. The van der Waals surface area contributed by atoms with Gasteiger partial charge >= 0.3 is 0 Å². The van der Waals surface area contributed by atoms with E-state index in [1.807, 2.05) is 0 Å². The molecule has 1 aromatic carbocycles. The molecule has 1 rings (SSSR count). The fourth-order valence-corrected chi connectivity index (χ4v) is 0.886. The van der Waals surface area contributed by atoms with Crippen molar-refractivity contribution in [3.63, 3.8) is 0 Å². The van der Waals surface area contributed by atoms with E-state index in [1.165, 1.54) is 6.42 Å². The van der Waals surface area contributed by atoms with Crippen LogP contribution in [0.5, 0.6) is 5.75 Å². The molecule has 0 aliphatic heterocycles. The van der Waals surface area contributed by atoms with Crippen LogP contribution in [0.3, 0.4) is 0 Å². The molecule has 0 fully saturated rings. The van der Waals surface area contributed by atoms with Crippen molar-refractivity contribution in [3.05, 3.63) is 28.2 Å². The second-order valence-electron chi connectivity index (χ2n) is 2.28. The molecule has 0 heterocycles. The van der Waals surface area contributed by atoms with E-state index in [-0.39, 0.29) is 15.8 Å². The summed E-state index contributed by atoms with van der Waals surface area (Å²) in [5.41, 5.74) is 0. The zero-order chi connectivity index (χ0) is 9.56. The number of phenols is 1. The van der Waals surface area contributed by atoms with E-state index in [4.69, 9.17) is 28.3 Å². The maximum absolute atomic E-state index is 8.94. The van der Waals surface area contributed by atoms with Gasteiger partial charge < -0.3 is 5.11 Å². The van der Waals surface area contributed by atoms with Crippen molar-refractivity contribution in [1.29, 1.82) is 0 Å². The Kier molecular flexibility index (Phi) is 5.95. The van der Waals surface area contributed by atoms with Crippen LogP contribution in [0.15, 0.2) is 18.2 Å². The van der Waals surface area contributed by atoms with Crippen LogP contribution in [0.1, 0.15) is 20.3 Å². The standard InChI is InChI=1S/C6H4Cl2O.C3H8/c7-4-2-1-3-5(8)6(4)9;1-3-2/h1-3,9H;3H2,1-2H3. The van der Waals surface area contributed by atoms with Crippen LogP contribution >= 0.6 is 23.2 Å². The number of rotatable bonds is 0. The maximum atomic E-state index is 8.94. The molecule has 0 spiro atoms. The Morgan fingerprint density at radius 3 is 1.75 bits per heavy atom. The van der Waals surface area contributed by atoms with E-state index < -0.39 is 0 Å². The number of phenolic OH excluding ortho intramolecular Hbond substituents is 1. The number of hydrogen-bond donors (Lipinski definition) is 1. The molecule has 0 amide bonds. The molecule has 0 saturated carbocycles. The number of aromatic hydroxyl groups is 1. The van der Waals surface area contributed by atoms with Gasteiger partial charge in [-0.3, -0.25) is 0 Å². The fourth-order valence-electron chi connectivity index (χ4n) is 0.489. The second kappa shape index (κ2) is 6.15. The smallest absolute Gasteiger partial charge is 0.152 e. The normalized spacial score (nSPS) is 8.67. The lowest BCUT2D eigenvalue weighted by Crippen LogP contribution is -1.67. The molecule has 1 aromatic rings. The van der Waals surface area contributed by atoms with E-state index in [1.54, 1.807) is 18.2 Å². The molecule has 1 N–H and O–H groups in total.